The smallest absolute Gasteiger partial charge is 0.270 e. The Morgan fingerprint density at radius 3 is 2.66 bits per heavy atom. The molecule has 0 aromatic heterocycles. The number of nitro benzene ring substituents is 1. The van der Waals surface area contributed by atoms with Crippen LogP contribution < -0.4 is 10.2 Å². The van der Waals surface area contributed by atoms with Gasteiger partial charge in [0.1, 0.15) is 0 Å². The third kappa shape index (κ3) is 4.47. The lowest BCUT2D eigenvalue weighted by molar-refractivity contribution is -0.384. The highest BCUT2D eigenvalue weighted by Gasteiger charge is 2.25. The number of non-ortho nitro benzene ring substituents is 1. The normalized spacial score (nSPS) is 19.6. The first kappa shape index (κ1) is 19.2. The van der Waals surface area contributed by atoms with Crippen LogP contribution in [-0.2, 0) is 9.53 Å². The summed E-state index contributed by atoms with van der Waals surface area (Å²) in [5.41, 5.74) is 2.18. The zero-order valence-electron chi connectivity index (χ0n) is 15.4. The molecule has 1 amide bonds. The minimum absolute atomic E-state index is 0.0181. The second-order valence-corrected chi connectivity index (χ2v) is 7.45. The van der Waals surface area contributed by atoms with Crippen LogP contribution in [0.3, 0.4) is 0 Å². The molecular formula is C20H18N4O4S. The van der Waals surface area contributed by atoms with Gasteiger partial charge in [-0.25, -0.2) is 4.99 Å². The molecule has 2 heterocycles. The summed E-state index contributed by atoms with van der Waals surface area (Å²) < 4.78 is 5.39. The third-order valence-corrected chi connectivity index (χ3v) is 5.41. The van der Waals surface area contributed by atoms with Crippen molar-refractivity contribution in [2.45, 2.75) is 0 Å². The highest BCUT2D eigenvalue weighted by Crippen LogP contribution is 2.33. The van der Waals surface area contributed by atoms with E-state index in [1.54, 1.807) is 12.1 Å². The van der Waals surface area contributed by atoms with Crippen LogP contribution in [0.1, 0.15) is 5.56 Å². The van der Waals surface area contributed by atoms with Crippen molar-refractivity contribution in [3.63, 3.8) is 0 Å². The van der Waals surface area contributed by atoms with E-state index in [4.69, 9.17) is 4.74 Å². The number of amides is 1. The summed E-state index contributed by atoms with van der Waals surface area (Å²) >= 11 is 1.22. The van der Waals surface area contributed by atoms with Gasteiger partial charge in [-0.15, -0.1) is 0 Å². The number of amidine groups is 1. The molecule has 0 saturated carbocycles. The van der Waals surface area contributed by atoms with Crippen LogP contribution in [0.15, 0.2) is 58.4 Å². The molecule has 29 heavy (non-hydrogen) atoms. The Morgan fingerprint density at radius 2 is 1.93 bits per heavy atom. The molecule has 2 aromatic carbocycles. The Kier molecular flexibility index (Phi) is 5.59. The van der Waals surface area contributed by atoms with Gasteiger partial charge >= 0.3 is 0 Å². The minimum Gasteiger partial charge on any atom is -0.378 e. The Labute approximate surface area is 171 Å². The van der Waals surface area contributed by atoms with Crippen LogP contribution in [0, 0.1) is 10.1 Å². The second-order valence-electron chi connectivity index (χ2n) is 6.42. The molecule has 0 spiro atoms. The number of para-hydroxylation sites is 1. The summed E-state index contributed by atoms with van der Waals surface area (Å²) in [5.74, 6) is -0.274. The standard InChI is InChI=1S/C20H18N4O4S/c25-19-18(29-20(22-19)21-15-4-2-1-3-5-15)13-14-12-16(24(26)27)6-7-17(14)23-8-10-28-11-9-23/h1-7,12-13H,8-11H2,(H,21,22,25)/b18-13+. The Hall–Kier alpha value is -3.17. The van der Waals surface area contributed by atoms with Gasteiger partial charge in [0.2, 0.25) is 0 Å². The minimum atomic E-state index is -0.435. The molecule has 2 saturated heterocycles. The van der Waals surface area contributed by atoms with Crippen LogP contribution in [0.25, 0.3) is 6.08 Å². The van der Waals surface area contributed by atoms with Gasteiger partial charge in [0.25, 0.3) is 11.6 Å². The number of benzene rings is 2. The second kappa shape index (κ2) is 8.46. The van der Waals surface area contributed by atoms with Gasteiger partial charge in [-0.2, -0.15) is 0 Å². The maximum absolute atomic E-state index is 12.4. The number of carbonyl (C=O) groups excluding carboxylic acids is 1. The maximum atomic E-state index is 12.4. The number of morpholine rings is 1. The molecule has 2 aromatic rings. The number of thioether (sulfide) groups is 1. The van der Waals surface area contributed by atoms with E-state index < -0.39 is 4.92 Å². The molecule has 9 heteroatoms. The van der Waals surface area contributed by atoms with Gasteiger partial charge in [0, 0.05) is 36.5 Å². The molecule has 0 aliphatic carbocycles. The van der Waals surface area contributed by atoms with Crippen LogP contribution in [0.4, 0.5) is 17.1 Å². The van der Waals surface area contributed by atoms with Gasteiger partial charge in [0.15, 0.2) is 5.17 Å². The number of rotatable bonds is 4. The summed E-state index contributed by atoms with van der Waals surface area (Å²) in [5, 5.41) is 14.5. The number of hydrogen-bond donors (Lipinski definition) is 1. The van der Waals surface area contributed by atoms with E-state index in [0.717, 1.165) is 11.4 Å². The fraction of sp³-hybridized carbons (Fsp3) is 0.200. The van der Waals surface area contributed by atoms with E-state index in [0.29, 0.717) is 41.9 Å². The number of hydrogen-bond acceptors (Lipinski definition) is 7. The largest absolute Gasteiger partial charge is 0.378 e. The van der Waals surface area contributed by atoms with E-state index in [9.17, 15) is 14.9 Å². The molecule has 2 fully saturated rings. The van der Waals surface area contributed by atoms with Gasteiger partial charge in [-0.1, -0.05) is 18.2 Å². The molecule has 2 aliphatic heterocycles. The first-order valence-corrected chi connectivity index (χ1v) is 9.87. The topological polar surface area (TPSA) is 97.1 Å². The average molecular weight is 410 g/mol. The lowest BCUT2D eigenvalue weighted by Gasteiger charge is -2.30. The molecule has 0 atom stereocenters. The predicted octanol–water partition coefficient (Wildman–Crippen LogP) is 3.32. The highest BCUT2D eigenvalue weighted by atomic mass is 32.2. The molecule has 8 nitrogen and oxygen atoms in total. The maximum Gasteiger partial charge on any atom is 0.270 e. The molecule has 4 rings (SSSR count). The Balaban J connectivity index is 1.67. The van der Waals surface area contributed by atoms with Gasteiger partial charge in [-0.3, -0.25) is 14.9 Å². The third-order valence-electron chi connectivity index (χ3n) is 4.50. The van der Waals surface area contributed by atoms with Crippen LogP contribution in [-0.4, -0.2) is 42.3 Å². The van der Waals surface area contributed by atoms with Crippen LogP contribution in [0.5, 0.6) is 0 Å². The van der Waals surface area contributed by atoms with Gasteiger partial charge in [-0.05, 0) is 36.0 Å². The van der Waals surface area contributed by atoms with Gasteiger partial charge < -0.3 is 15.0 Å². The lowest BCUT2D eigenvalue weighted by Crippen LogP contribution is -2.36. The number of ether oxygens (including phenoxy) is 1. The molecule has 148 valence electrons. The Bertz CT molecular complexity index is 1000. The van der Waals surface area contributed by atoms with Crippen molar-refractivity contribution in [2.24, 2.45) is 4.99 Å². The number of nitrogens with zero attached hydrogens (tertiary/aromatic N) is 3. The SMILES string of the molecule is O=C1NC(=Nc2ccccc2)S/C1=C/c1cc([N+](=O)[O-])ccc1N1CCOCC1. The first-order valence-electron chi connectivity index (χ1n) is 9.06. The van der Waals surface area contributed by atoms with E-state index in [1.165, 1.54) is 23.9 Å². The summed E-state index contributed by atoms with van der Waals surface area (Å²) in [6, 6.07) is 14.0. The molecule has 0 radical (unpaired) electrons. The van der Waals surface area contributed by atoms with Crippen molar-refractivity contribution >= 4 is 46.0 Å². The molecule has 1 N–H and O–H groups in total. The summed E-state index contributed by atoms with van der Waals surface area (Å²) in [6.07, 6.45) is 1.69. The van der Waals surface area contributed by atoms with Crippen molar-refractivity contribution < 1.29 is 14.5 Å². The molecular weight excluding hydrogens is 392 g/mol. The lowest BCUT2D eigenvalue weighted by atomic mass is 10.1. The fourth-order valence-electron chi connectivity index (χ4n) is 3.10. The fourth-order valence-corrected chi connectivity index (χ4v) is 3.94. The van der Waals surface area contributed by atoms with Crippen LogP contribution in [0.2, 0.25) is 0 Å². The number of aliphatic imine (C=N–C) groups is 1. The number of anilines is 1. The summed E-state index contributed by atoms with van der Waals surface area (Å²) in [4.78, 5) is 30.2. The number of nitrogens with one attached hydrogen (secondary N) is 1. The van der Waals surface area contributed by atoms with Crippen molar-refractivity contribution in [1.82, 2.24) is 5.32 Å². The quantitative estimate of drug-likeness (QED) is 0.472. The summed E-state index contributed by atoms with van der Waals surface area (Å²) in [6.45, 7) is 2.56. The van der Waals surface area contributed by atoms with E-state index in [2.05, 4.69) is 15.2 Å². The molecule has 0 bridgehead atoms. The predicted molar refractivity (Wildman–Crippen MR) is 113 cm³/mol. The van der Waals surface area contributed by atoms with E-state index in [1.807, 2.05) is 30.3 Å². The van der Waals surface area contributed by atoms with Crippen LogP contribution >= 0.6 is 11.8 Å². The average Bonchev–Trinajstić information content (AvgIpc) is 3.08. The van der Waals surface area contributed by atoms with E-state index >= 15 is 0 Å². The summed E-state index contributed by atoms with van der Waals surface area (Å²) in [7, 11) is 0. The van der Waals surface area contributed by atoms with Crippen molar-refractivity contribution in [3.8, 4) is 0 Å². The van der Waals surface area contributed by atoms with Crippen molar-refractivity contribution in [1.29, 1.82) is 0 Å². The zero-order valence-corrected chi connectivity index (χ0v) is 16.2. The Morgan fingerprint density at radius 1 is 1.17 bits per heavy atom. The monoisotopic (exact) mass is 410 g/mol. The number of nitro groups is 1. The van der Waals surface area contributed by atoms with Crippen molar-refractivity contribution in [2.75, 3.05) is 31.2 Å². The molecule has 0 unspecified atom stereocenters. The highest BCUT2D eigenvalue weighted by molar-refractivity contribution is 8.18. The first-order chi connectivity index (χ1) is 14.1. The van der Waals surface area contributed by atoms with Gasteiger partial charge in [0.05, 0.1) is 28.7 Å². The number of carbonyl (C=O) groups is 1. The zero-order chi connectivity index (χ0) is 20.2. The van der Waals surface area contributed by atoms with E-state index in [-0.39, 0.29) is 11.6 Å². The molecule has 2 aliphatic rings. The van der Waals surface area contributed by atoms with Crippen molar-refractivity contribution in [3.05, 3.63) is 69.1 Å².